The summed E-state index contributed by atoms with van der Waals surface area (Å²) in [5, 5.41) is 15.9. The zero-order valence-electron chi connectivity index (χ0n) is 17.9. The molecular weight excluding hydrogens is 435 g/mol. The molecule has 0 fully saturated rings. The SMILES string of the molecule is NC(=O)c1cnccc1Cc1nc(-c2nn(Cc3ccccc3F)c3ccccc23)ncc1O. The second-order valence-electron chi connectivity index (χ2n) is 7.71. The lowest BCUT2D eigenvalue weighted by Crippen LogP contribution is -2.14. The fourth-order valence-corrected chi connectivity index (χ4v) is 3.84. The van der Waals surface area contributed by atoms with Gasteiger partial charge in [-0.15, -0.1) is 0 Å². The minimum Gasteiger partial charge on any atom is -0.504 e. The Labute approximate surface area is 193 Å². The Morgan fingerprint density at radius 2 is 1.82 bits per heavy atom. The smallest absolute Gasteiger partial charge is 0.250 e. The third-order valence-corrected chi connectivity index (χ3v) is 5.53. The van der Waals surface area contributed by atoms with Gasteiger partial charge in [0.25, 0.3) is 5.91 Å². The highest BCUT2D eigenvalue weighted by atomic mass is 19.1. The second-order valence-corrected chi connectivity index (χ2v) is 7.71. The maximum absolute atomic E-state index is 14.3. The number of aromatic nitrogens is 5. The summed E-state index contributed by atoms with van der Waals surface area (Å²) in [6.07, 6.45) is 4.37. The molecule has 1 amide bonds. The summed E-state index contributed by atoms with van der Waals surface area (Å²) in [5.74, 6) is -0.749. The molecule has 168 valence electrons. The first-order valence-electron chi connectivity index (χ1n) is 10.5. The summed E-state index contributed by atoms with van der Waals surface area (Å²) < 4.78 is 16.0. The number of primary amides is 1. The molecule has 0 saturated carbocycles. The van der Waals surface area contributed by atoms with Crippen LogP contribution < -0.4 is 5.73 Å². The van der Waals surface area contributed by atoms with Gasteiger partial charge in [0.05, 0.1) is 29.5 Å². The van der Waals surface area contributed by atoms with Gasteiger partial charge in [0, 0.05) is 29.8 Å². The van der Waals surface area contributed by atoms with Gasteiger partial charge < -0.3 is 10.8 Å². The van der Waals surface area contributed by atoms with Crippen LogP contribution in [0, 0.1) is 5.82 Å². The van der Waals surface area contributed by atoms with Crippen molar-refractivity contribution in [2.75, 3.05) is 0 Å². The Morgan fingerprint density at radius 1 is 1.03 bits per heavy atom. The number of fused-ring (bicyclic) bond motifs is 1. The predicted molar refractivity (Wildman–Crippen MR) is 123 cm³/mol. The van der Waals surface area contributed by atoms with Gasteiger partial charge in [0.2, 0.25) is 0 Å². The molecule has 5 aromatic rings. The first-order chi connectivity index (χ1) is 16.5. The highest BCUT2D eigenvalue weighted by Crippen LogP contribution is 2.29. The second kappa shape index (κ2) is 8.70. The van der Waals surface area contributed by atoms with Crippen molar-refractivity contribution >= 4 is 16.8 Å². The lowest BCUT2D eigenvalue weighted by Gasteiger charge is -2.08. The van der Waals surface area contributed by atoms with E-state index in [1.54, 1.807) is 35.1 Å². The van der Waals surface area contributed by atoms with E-state index in [1.807, 2.05) is 24.3 Å². The van der Waals surface area contributed by atoms with Gasteiger partial charge in [0.1, 0.15) is 11.5 Å². The van der Waals surface area contributed by atoms with Crippen LogP contribution in [0.5, 0.6) is 5.75 Å². The van der Waals surface area contributed by atoms with Crippen LogP contribution in [-0.4, -0.2) is 35.7 Å². The number of carbonyl (C=O) groups excluding carboxylic acids is 1. The molecule has 0 aliphatic heterocycles. The normalized spacial score (nSPS) is 11.1. The molecule has 0 spiro atoms. The molecule has 3 heterocycles. The maximum atomic E-state index is 14.3. The van der Waals surface area contributed by atoms with Gasteiger partial charge in [-0.3, -0.25) is 14.5 Å². The van der Waals surface area contributed by atoms with Crippen molar-refractivity contribution in [3.05, 3.63) is 101 Å². The van der Waals surface area contributed by atoms with Crippen molar-refractivity contribution in [1.82, 2.24) is 24.7 Å². The molecule has 5 rings (SSSR count). The number of halogens is 1. The van der Waals surface area contributed by atoms with Crippen molar-refractivity contribution in [3.8, 4) is 17.3 Å². The molecule has 0 bridgehead atoms. The van der Waals surface area contributed by atoms with Gasteiger partial charge in [-0.25, -0.2) is 14.4 Å². The zero-order valence-corrected chi connectivity index (χ0v) is 17.9. The quantitative estimate of drug-likeness (QED) is 0.405. The van der Waals surface area contributed by atoms with Gasteiger partial charge in [-0.1, -0.05) is 36.4 Å². The van der Waals surface area contributed by atoms with Crippen molar-refractivity contribution in [2.24, 2.45) is 5.73 Å². The molecule has 3 aromatic heterocycles. The Bertz CT molecular complexity index is 1530. The first-order valence-corrected chi connectivity index (χ1v) is 10.5. The summed E-state index contributed by atoms with van der Waals surface area (Å²) in [4.78, 5) is 24.5. The minimum absolute atomic E-state index is 0.119. The monoisotopic (exact) mass is 454 g/mol. The van der Waals surface area contributed by atoms with Crippen molar-refractivity contribution < 1.29 is 14.3 Å². The number of aromatic hydroxyl groups is 1. The van der Waals surface area contributed by atoms with Crippen molar-refractivity contribution in [2.45, 2.75) is 13.0 Å². The van der Waals surface area contributed by atoms with E-state index in [0.717, 1.165) is 10.9 Å². The molecule has 0 aliphatic rings. The topological polar surface area (TPSA) is 120 Å². The van der Waals surface area contributed by atoms with Crippen molar-refractivity contribution in [1.29, 1.82) is 0 Å². The van der Waals surface area contributed by atoms with E-state index < -0.39 is 5.91 Å². The Balaban J connectivity index is 1.57. The van der Waals surface area contributed by atoms with Crippen LogP contribution in [0.1, 0.15) is 27.2 Å². The summed E-state index contributed by atoms with van der Waals surface area (Å²) in [6.45, 7) is 0.233. The fraction of sp³-hybridized carbons (Fsp3) is 0.0800. The van der Waals surface area contributed by atoms with Gasteiger partial charge in [-0.05, 0) is 23.8 Å². The number of nitrogens with two attached hydrogens (primary N) is 1. The Kier molecular flexibility index (Phi) is 5.43. The molecule has 0 saturated heterocycles. The van der Waals surface area contributed by atoms with Crippen LogP contribution in [0.3, 0.4) is 0 Å². The average molecular weight is 454 g/mol. The number of benzene rings is 2. The van der Waals surface area contributed by atoms with E-state index in [-0.39, 0.29) is 30.1 Å². The molecular formula is C25H19FN6O2. The summed E-state index contributed by atoms with van der Waals surface area (Å²) in [5.41, 5.74) is 8.40. The molecule has 34 heavy (non-hydrogen) atoms. The van der Waals surface area contributed by atoms with E-state index in [0.29, 0.717) is 28.3 Å². The molecule has 2 aromatic carbocycles. The van der Waals surface area contributed by atoms with Crippen LogP contribution in [0.4, 0.5) is 4.39 Å². The van der Waals surface area contributed by atoms with E-state index in [2.05, 4.69) is 20.1 Å². The number of rotatable bonds is 6. The summed E-state index contributed by atoms with van der Waals surface area (Å²) in [6, 6.07) is 15.7. The first kappa shape index (κ1) is 21.2. The third-order valence-electron chi connectivity index (χ3n) is 5.53. The van der Waals surface area contributed by atoms with E-state index in [4.69, 9.17) is 5.73 Å². The minimum atomic E-state index is -0.616. The van der Waals surface area contributed by atoms with Crippen LogP contribution in [0.25, 0.3) is 22.4 Å². The van der Waals surface area contributed by atoms with Crippen LogP contribution >= 0.6 is 0 Å². The molecule has 0 aliphatic carbocycles. The summed E-state index contributed by atoms with van der Waals surface area (Å²) in [7, 11) is 0. The van der Waals surface area contributed by atoms with Crippen LogP contribution in [-0.2, 0) is 13.0 Å². The molecule has 0 radical (unpaired) electrons. The standard InChI is InChI=1S/C25H19FN6O2/c26-19-7-3-1-5-16(19)14-32-21-8-4-2-6-17(21)23(31-32)25-29-13-22(33)20(30-25)11-15-9-10-28-12-18(15)24(27)34/h1-10,12-13,33H,11,14H2,(H2,27,34). The fourth-order valence-electron chi connectivity index (χ4n) is 3.84. The number of hydrogen-bond donors (Lipinski definition) is 2. The lowest BCUT2D eigenvalue weighted by atomic mass is 10.0. The largest absolute Gasteiger partial charge is 0.504 e. The molecule has 3 N–H and O–H groups in total. The third kappa shape index (κ3) is 3.95. The van der Waals surface area contributed by atoms with E-state index >= 15 is 0 Å². The van der Waals surface area contributed by atoms with Gasteiger partial charge in [0.15, 0.2) is 11.6 Å². The number of para-hydroxylation sites is 1. The predicted octanol–water partition coefficient (Wildman–Crippen LogP) is 3.47. The average Bonchev–Trinajstić information content (AvgIpc) is 3.21. The lowest BCUT2D eigenvalue weighted by molar-refractivity contribution is 0.0999. The van der Waals surface area contributed by atoms with E-state index in [9.17, 15) is 14.3 Å². The molecule has 0 unspecified atom stereocenters. The molecule has 9 heteroatoms. The van der Waals surface area contributed by atoms with Crippen molar-refractivity contribution in [3.63, 3.8) is 0 Å². The van der Waals surface area contributed by atoms with Gasteiger partial charge >= 0.3 is 0 Å². The highest BCUT2D eigenvalue weighted by Gasteiger charge is 2.18. The Hall–Kier alpha value is -4.66. The van der Waals surface area contributed by atoms with Gasteiger partial charge in [-0.2, -0.15) is 5.10 Å². The molecule has 8 nitrogen and oxygen atoms in total. The van der Waals surface area contributed by atoms with Crippen LogP contribution in [0.2, 0.25) is 0 Å². The summed E-state index contributed by atoms with van der Waals surface area (Å²) >= 11 is 0. The number of amides is 1. The molecule has 0 atom stereocenters. The number of nitrogens with zero attached hydrogens (tertiary/aromatic N) is 5. The zero-order chi connectivity index (χ0) is 23.7. The van der Waals surface area contributed by atoms with Crippen LogP contribution in [0.15, 0.2) is 73.2 Å². The number of carbonyl (C=O) groups is 1. The number of pyridine rings is 1. The number of hydrogen-bond acceptors (Lipinski definition) is 6. The highest BCUT2D eigenvalue weighted by molar-refractivity contribution is 5.94. The maximum Gasteiger partial charge on any atom is 0.250 e. The van der Waals surface area contributed by atoms with E-state index in [1.165, 1.54) is 18.5 Å². The Morgan fingerprint density at radius 3 is 2.65 bits per heavy atom.